The fourth-order valence-corrected chi connectivity index (χ4v) is 0.468. The van der Waals surface area contributed by atoms with Crippen LogP contribution in [0.1, 0.15) is 0 Å². The first-order valence-electron chi connectivity index (χ1n) is 2.46. The quantitative estimate of drug-likeness (QED) is 0.503. The molecular formula is C4H6N6. The second-order valence-electron chi connectivity index (χ2n) is 1.51. The number of nitrogen functional groups attached to an aromatic ring is 2. The molecule has 0 saturated heterocycles. The average Bonchev–Trinajstić information content (AvgIpc) is 1.85. The van der Waals surface area contributed by atoms with Crippen molar-refractivity contribution in [2.24, 2.45) is 4.99 Å². The van der Waals surface area contributed by atoms with Gasteiger partial charge in [0, 0.05) is 0 Å². The third-order valence-corrected chi connectivity index (χ3v) is 0.800. The fourth-order valence-electron chi connectivity index (χ4n) is 0.468. The van der Waals surface area contributed by atoms with E-state index >= 15 is 0 Å². The first kappa shape index (κ1) is 6.40. The Morgan fingerprint density at radius 2 is 1.60 bits per heavy atom. The molecule has 0 aliphatic heterocycles. The normalized spacial score (nSPS) is 9.20. The van der Waals surface area contributed by atoms with Gasteiger partial charge in [-0.25, -0.2) is 4.99 Å². The number of nitrogens with zero attached hydrogens (tertiary/aromatic N) is 4. The predicted molar refractivity (Wildman–Crippen MR) is 37.9 cm³/mol. The molecular weight excluding hydrogens is 132 g/mol. The van der Waals surface area contributed by atoms with E-state index in [9.17, 15) is 0 Å². The number of hydrogen-bond donors (Lipinski definition) is 2. The van der Waals surface area contributed by atoms with Crippen LogP contribution in [0.25, 0.3) is 0 Å². The highest BCUT2D eigenvalue weighted by Crippen LogP contribution is 2.04. The average molecular weight is 138 g/mol. The van der Waals surface area contributed by atoms with Gasteiger partial charge in [0.1, 0.15) is 0 Å². The molecule has 0 aliphatic rings. The molecule has 0 unspecified atom stereocenters. The van der Waals surface area contributed by atoms with Crippen LogP contribution in [0.4, 0.5) is 17.8 Å². The maximum Gasteiger partial charge on any atom is 0.255 e. The summed E-state index contributed by atoms with van der Waals surface area (Å²) in [7, 11) is 0. The number of hydrogen-bond acceptors (Lipinski definition) is 6. The largest absolute Gasteiger partial charge is 0.368 e. The lowest BCUT2D eigenvalue weighted by Gasteiger charge is -1.93. The second-order valence-corrected chi connectivity index (χ2v) is 1.51. The lowest BCUT2D eigenvalue weighted by Crippen LogP contribution is -2.01. The molecule has 4 N–H and O–H groups in total. The van der Waals surface area contributed by atoms with Gasteiger partial charge in [-0.15, -0.1) is 0 Å². The van der Waals surface area contributed by atoms with E-state index < -0.39 is 0 Å². The molecule has 0 radical (unpaired) electrons. The predicted octanol–water partition coefficient (Wildman–Crippen LogP) is -0.632. The standard InChI is InChI=1S/C4H6N6/c1-7-4-9-2(5)8-3(6)10-4/h1H2,(H4,5,6,8,9,10). The SMILES string of the molecule is C=Nc1nc(N)nc(N)n1. The first-order valence-corrected chi connectivity index (χ1v) is 2.46. The van der Waals surface area contributed by atoms with Gasteiger partial charge in [0.15, 0.2) is 0 Å². The number of anilines is 2. The molecule has 1 aromatic heterocycles. The lowest BCUT2D eigenvalue weighted by molar-refractivity contribution is 1.07. The highest BCUT2D eigenvalue weighted by atomic mass is 15.2. The van der Waals surface area contributed by atoms with Gasteiger partial charge >= 0.3 is 0 Å². The van der Waals surface area contributed by atoms with Crippen LogP contribution in [0.15, 0.2) is 4.99 Å². The number of aromatic nitrogens is 3. The van der Waals surface area contributed by atoms with E-state index in [0.717, 1.165) is 0 Å². The summed E-state index contributed by atoms with van der Waals surface area (Å²) in [6.45, 7) is 3.20. The van der Waals surface area contributed by atoms with Crippen LogP contribution in [0.2, 0.25) is 0 Å². The van der Waals surface area contributed by atoms with E-state index in [-0.39, 0.29) is 17.8 Å². The minimum absolute atomic E-state index is 0.0508. The van der Waals surface area contributed by atoms with Crippen molar-refractivity contribution in [3.05, 3.63) is 0 Å². The zero-order chi connectivity index (χ0) is 7.56. The van der Waals surface area contributed by atoms with Gasteiger partial charge in [0.2, 0.25) is 11.9 Å². The molecule has 0 atom stereocenters. The van der Waals surface area contributed by atoms with Crippen LogP contribution >= 0.6 is 0 Å². The molecule has 1 aromatic rings. The fraction of sp³-hybridized carbons (Fsp3) is 0. The zero-order valence-corrected chi connectivity index (χ0v) is 5.15. The summed E-state index contributed by atoms with van der Waals surface area (Å²) in [6.07, 6.45) is 0. The van der Waals surface area contributed by atoms with Gasteiger partial charge in [0.25, 0.3) is 5.95 Å². The van der Waals surface area contributed by atoms with Crippen LogP contribution in [0.3, 0.4) is 0 Å². The molecule has 0 fully saturated rings. The van der Waals surface area contributed by atoms with Gasteiger partial charge in [0.05, 0.1) is 0 Å². The van der Waals surface area contributed by atoms with Crippen LogP contribution in [-0.2, 0) is 0 Å². The van der Waals surface area contributed by atoms with Crippen molar-refractivity contribution >= 4 is 24.6 Å². The van der Waals surface area contributed by atoms with Crippen LogP contribution in [-0.4, -0.2) is 21.7 Å². The van der Waals surface area contributed by atoms with Gasteiger partial charge in [-0.05, 0) is 6.72 Å². The van der Waals surface area contributed by atoms with Crippen molar-refractivity contribution in [1.82, 2.24) is 15.0 Å². The molecule has 0 aliphatic carbocycles. The highest BCUT2D eigenvalue weighted by molar-refractivity contribution is 5.39. The van der Waals surface area contributed by atoms with Gasteiger partial charge in [-0.1, -0.05) is 0 Å². The third-order valence-electron chi connectivity index (χ3n) is 0.800. The van der Waals surface area contributed by atoms with Crippen molar-refractivity contribution in [1.29, 1.82) is 0 Å². The summed E-state index contributed by atoms with van der Waals surface area (Å²) in [5, 5.41) is 0. The first-order chi connectivity index (χ1) is 4.72. The maximum atomic E-state index is 5.20. The van der Waals surface area contributed by atoms with Crippen molar-refractivity contribution in [2.75, 3.05) is 11.5 Å². The Morgan fingerprint density at radius 3 is 2.00 bits per heavy atom. The van der Waals surface area contributed by atoms with Crippen LogP contribution in [0, 0.1) is 0 Å². The van der Waals surface area contributed by atoms with Crippen LogP contribution in [0.5, 0.6) is 0 Å². The smallest absolute Gasteiger partial charge is 0.255 e. The maximum absolute atomic E-state index is 5.20. The van der Waals surface area contributed by atoms with Crippen molar-refractivity contribution < 1.29 is 0 Å². The molecule has 1 rings (SSSR count). The summed E-state index contributed by atoms with van der Waals surface area (Å²) in [6, 6.07) is 0. The van der Waals surface area contributed by atoms with E-state index in [1.54, 1.807) is 0 Å². The lowest BCUT2D eigenvalue weighted by atomic mass is 10.8. The van der Waals surface area contributed by atoms with Crippen LogP contribution < -0.4 is 11.5 Å². The van der Waals surface area contributed by atoms with E-state index in [1.165, 1.54) is 0 Å². The summed E-state index contributed by atoms with van der Waals surface area (Å²) in [4.78, 5) is 14.1. The zero-order valence-electron chi connectivity index (χ0n) is 5.15. The Kier molecular flexibility index (Phi) is 1.44. The molecule has 6 heteroatoms. The monoisotopic (exact) mass is 138 g/mol. The molecule has 0 aromatic carbocycles. The molecule has 0 bridgehead atoms. The number of nitrogens with two attached hydrogens (primary N) is 2. The molecule has 10 heavy (non-hydrogen) atoms. The molecule has 0 saturated carbocycles. The van der Waals surface area contributed by atoms with Gasteiger partial charge in [-0.2, -0.15) is 15.0 Å². The van der Waals surface area contributed by atoms with Crippen molar-refractivity contribution in [2.45, 2.75) is 0 Å². The van der Waals surface area contributed by atoms with Gasteiger partial charge < -0.3 is 11.5 Å². The highest BCUT2D eigenvalue weighted by Gasteiger charge is 1.96. The summed E-state index contributed by atoms with van der Waals surface area (Å²) in [5.74, 6) is 0.245. The van der Waals surface area contributed by atoms with Crippen molar-refractivity contribution in [3.8, 4) is 0 Å². The summed E-state index contributed by atoms with van der Waals surface area (Å²) < 4.78 is 0. The molecule has 0 amide bonds. The number of rotatable bonds is 1. The van der Waals surface area contributed by atoms with E-state index in [1.807, 2.05) is 0 Å². The van der Waals surface area contributed by atoms with E-state index in [0.29, 0.717) is 0 Å². The Balaban J connectivity index is 3.18. The topological polar surface area (TPSA) is 103 Å². The van der Waals surface area contributed by atoms with E-state index in [2.05, 4.69) is 26.7 Å². The molecule has 52 valence electrons. The molecule has 6 nitrogen and oxygen atoms in total. The Morgan fingerprint density at radius 1 is 1.10 bits per heavy atom. The summed E-state index contributed by atoms with van der Waals surface area (Å²) in [5.41, 5.74) is 10.4. The van der Waals surface area contributed by atoms with Gasteiger partial charge in [-0.3, -0.25) is 0 Å². The Hall–Kier alpha value is -1.72. The van der Waals surface area contributed by atoms with E-state index in [4.69, 9.17) is 11.5 Å². The molecule has 1 heterocycles. The van der Waals surface area contributed by atoms with Crippen molar-refractivity contribution in [3.63, 3.8) is 0 Å². The Labute approximate surface area is 57.0 Å². The Bertz CT molecular complexity index is 236. The summed E-state index contributed by atoms with van der Waals surface area (Å²) >= 11 is 0. The number of aliphatic imine (C=N–C) groups is 1. The molecule has 0 spiro atoms. The minimum atomic E-state index is 0.0508. The minimum Gasteiger partial charge on any atom is -0.368 e. The second kappa shape index (κ2) is 2.26. The third kappa shape index (κ3) is 1.16.